The topological polar surface area (TPSA) is 63.0 Å². The molecule has 0 aliphatic carbocycles. The fraction of sp³-hybridized carbons (Fsp3) is 0.429. The molecule has 0 radical (unpaired) electrons. The van der Waals surface area contributed by atoms with Crippen LogP contribution < -0.4 is 4.90 Å². The molecule has 158 valence electrons. The average Bonchev–Trinajstić information content (AvgIpc) is 3.20. The Bertz CT molecular complexity index is 972. The van der Waals surface area contributed by atoms with E-state index in [0.717, 1.165) is 37.7 Å². The molecule has 0 amide bonds. The number of hydrogen-bond donors (Lipinski definition) is 0. The predicted molar refractivity (Wildman–Crippen MR) is 119 cm³/mol. The van der Waals surface area contributed by atoms with Gasteiger partial charge in [-0.1, -0.05) is 53.5 Å². The van der Waals surface area contributed by atoms with Crippen molar-refractivity contribution in [2.75, 3.05) is 31.1 Å². The number of nitrogens with zero attached hydrogens (tertiary/aromatic N) is 7. The van der Waals surface area contributed by atoms with Crippen molar-refractivity contribution in [2.24, 2.45) is 0 Å². The summed E-state index contributed by atoms with van der Waals surface area (Å²) in [6.07, 6.45) is 3.28. The fourth-order valence-corrected chi connectivity index (χ4v) is 4.51. The van der Waals surface area contributed by atoms with Gasteiger partial charge in [-0.25, -0.2) is 4.68 Å². The Morgan fingerprint density at radius 3 is 2.17 bits per heavy atom. The lowest BCUT2D eigenvalue weighted by Gasteiger charge is -2.40. The molecule has 7 nitrogen and oxygen atoms in total. The third-order valence-corrected chi connectivity index (χ3v) is 5.87. The maximum Gasteiger partial charge on any atom is 0.173 e. The molecular weight excluding hydrogens is 421 g/mol. The SMILES string of the molecule is CC(C)(C)n1nnnc1C(c1ccccc1)N1CCN(c2c(Cl)cncc2Cl)CC1. The molecule has 0 bridgehead atoms. The molecule has 2 aromatic heterocycles. The maximum absolute atomic E-state index is 6.38. The van der Waals surface area contributed by atoms with E-state index < -0.39 is 0 Å². The van der Waals surface area contributed by atoms with Gasteiger partial charge in [-0.3, -0.25) is 9.88 Å². The van der Waals surface area contributed by atoms with E-state index in [2.05, 4.69) is 75.3 Å². The van der Waals surface area contributed by atoms with Gasteiger partial charge in [-0.05, 0) is 36.8 Å². The Hall–Kier alpha value is -2.22. The van der Waals surface area contributed by atoms with Gasteiger partial charge in [0.25, 0.3) is 0 Å². The molecule has 0 spiro atoms. The minimum Gasteiger partial charge on any atom is -0.366 e. The van der Waals surface area contributed by atoms with Crippen LogP contribution in [0.1, 0.15) is 38.2 Å². The van der Waals surface area contributed by atoms with Crippen molar-refractivity contribution in [2.45, 2.75) is 32.4 Å². The Labute approximate surface area is 186 Å². The van der Waals surface area contributed by atoms with Crippen molar-refractivity contribution in [1.29, 1.82) is 0 Å². The minimum atomic E-state index is -0.216. The van der Waals surface area contributed by atoms with Gasteiger partial charge in [0.2, 0.25) is 0 Å². The molecule has 1 atom stereocenters. The summed E-state index contributed by atoms with van der Waals surface area (Å²) in [6, 6.07) is 10.4. The summed E-state index contributed by atoms with van der Waals surface area (Å²) >= 11 is 12.8. The monoisotopic (exact) mass is 445 g/mol. The largest absolute Gasteiger partial charge is 0.366 e. The van der Waals surface area contributed by atoms with Gasteiger partial charge in [0.15, 0.2) is 5.82 Å². The first-order valence-electron chi connectivity index (χ1n) is 9.98. The average molecular weight is 446 g/mol. The Morgan fingerprint density at radius 2 is 1.57 bits per heavy atom. The Kier molecular flexibility index (Phi) is 5.95. The van der Waals surface area contributed by atoms with Crippen molar-refractivity contribution in [3.05, 3.63) is 64.2 Å². The molecule has 0 saturated carbocycles. The second-order valence-corrected chi connectivity index (χ2v) is 9.22. The zero-order valence-electron chi connectivity index (χ0n) is 17.3. The number of piperazine rings is 1. The fourth-order valence-electron chi connectivity index (χ4n) is 3.91. The van der Waals surface area contributed by atoms with Crippen molar-refractivity contribution in [1.82, 2.24) is 30.1 Å². The van der Waals surface area contributed by atoms with Crippen LogP contribution in [0.2, 0.25) is 10.0 Å². The van der Waals surface area contributed by atoms with E-state index in [9.17, 15) is 0 Å². The van der Waals surface area contributed by atoms with Crippen molar-refractivity contribution in [3.63, 3.8) is 0 Å². The van der Waals surface area contributed by atoms with Crippen LogP contribution in [-0.4, -0.2) is 56.3 Å². The molecular formula is C21H25Cl2N7. The molecule has 1 aliphatic heterocycles. The van der Waals surface area contributed by atoms with Crippen LogP contribution in [0.5, 0.6) is 0 Å². The summed E-state index contributed by atoms with van der Waals surface area (Å²) in [5, 5.41) is 13.9. The first-order chi connectivity index (χ1) is 14.4. The lowest BCUT2D eigenvalue weighted by molar-refractivity contribution is 0.191. The molecule has 3 aromatic rings. The molecule has 1 aliphatic rings. The van der Waals surface area contributed by atoms with Crippen LogP contribution in [0.3, 0.4) is 0 Å². The second kappa shape index (κ2) is 8.49. The number of anilines is 1. The van der Waals surface area contributed by atoms with Gasteiger partial charge in [-0.15, -0.1) is 5.10 Å². The lowest BCUT2D eigenvalue weighted by Crippen LogP contribution is -2.49. The lowest BCUT2D eigenvalue weighted by atomic mass is 10.0. The number of aromatic nitrogens is 5. The van der Waals surface area contributed by atoms with E-state index in [1.807, 2.05) is 10.7 Å². The van der Waals surface area contributed by atoms with Crippen LogP contribution in [0, 0.1) is 0 Å². The normalized spacial score (nSPS) is 16.6. The summed E-state index contributed by atoms with van der Waals surface area (Å²) in [7, 11) is 0. The summed E-state index contributed by atoms with van der Waals surface area (Å²) < 4.78 is 1.92. The zero-order valence-corrected chi connectivity index (χ0v) is 18.8. The van der Waals surface area contributed by atoms with Crippen molar-refractivity contribution >= 4 is 28.9 Å². The molecule has 30 heavy (non-hydrogen) atoms. The highest BCUT2D eigenvalue weighted by molar-refractivity contribution is 6.38. The van der Waals surface area contributed by atoms with Gasteiger partial charge >= 0.3 is 0 Å². The highest BCUT2D eigenvalue weighted by Crippen LogP contribution is 2.35. The molecule has 4 rings (SSSR count). The molecule has 1 saturated heterocycles. The standard InChI is InChI=1S/C21H25Cl2N7/c1-21(2,3)30-20(25-26-27-30)18(15-7-5-4-6-8-15)28-9-11-29(12-10-28)19-16(22)13-24-14-17(19)23/h4-8,13-14,18H,9-12H2,1-3H3. The minimum absolute atomic E-state index is 0.0361. The number of hydrogen-bond acceptors (Lipinski definition) is 6. The summed E-state index contributed by atoms with van der Waals surface area (Å²) in [4.78, 5) is 8.70. The van der Waals surface area contributed by atoms with Gasteiger partial charge in [0.05, 0.1) is 27.3 Å². The summed E-state index contributed by atoms with van der Waals surface area (Å²) in [6.45, 7) is 9.58. The van der Waals surface area contributed by atoms with Crippen LogP contribution in [0.25, 0.3) is 0 Å². The molecule has 3 heterocycles. The molecule has 1 fully saturated rings. The molecule has 0 N–H and O–H groups in total. The van der Waals surface area contributed by atoms with E-state index in [1.54, 1.807) is 12.4 Å². The highest BCUT2D eigenvalue weighted by Gasteiger charge is 2.33. The Morgan fingerprint density at radius 1 is 0.933 bits per heavy atom. The number of rotatable bonds is 4. The van der Waals surface area contributed by atoms with Crippen LogP contribution >= 0.6 is 23.2 Å². The molecule has 1 unspecified atom stereocenters. The first kappa shape index (κ1) is 21.0. The van der Waals surface area contributed by atoms with Crippen molar-refractivity contribution < 1.29 is 0 Å². The third kappa shape index (κ3) is 4.15. The maximum atomic E-state index is 6.38. The van der Waals surface area contributed by atoms with E-state index >= 15 is 0 Å². The van der Waals surface area contributed by atoms with Crippen molar-refractivity contribution in [3.8, 4) is 0 Å². The first-order valence-corrected chi connectivity index (χ1v) is 10.7. The third-order valence-electron chi connectivity index (χ3n) is 5.31. The van der Waals surface area contributed by atoms with Crippen LogP contribution in [0.4, 0.5) is 5.69 Å². The van der Waals surface area contributed by atoms with E-state index in [1.165, 1.54) is 5.56 Å². The highest BCUT2D eigenvalue weighted by atomic mass is 35.5. The summed E-state index contributed by atoms with van der Waals surface area (Å²) in [5.74, 6) is 0.849. The molecule has 1 aromatic carbocycles. The number of benzene rings is 1. The zero-order chi connectivity index (χ0) is 21.3. The smallest absolute Gasteiger partial charge is 0.173 e. The van der Waals surface area contributed by atoms with Gasteiger partial charge in [0.1, 0.15) is 0 Å². The van der Waals surface area contributed by atoms with E-state index in [0.29, 0.717) is 10.0 Å². The van der Waals surface area contributed by atoms with E-state index in [4.69, 9.17) is 23.2 Å². The number of tetrazole rings is 1. The predicted octanol–water partition coefficient (Wildman–Crippen LogP) is 4.04. The van der Waals surface area contributed by atoms with E-state index in [-0.39, 0.29) is 11.6 Å². The second-order valence-electron chi connectivity index (χ2n) is 8.41. The van der Waals surface area contributed by atoms with Gasteiger partial charge in [-0.2, -0.15) is 0 Å². The van der Waals surface area contributed by atoms with Gasteiger partial charge < -0.3 is 4.90 Å². The number of pyridine rings is 1. The van der Waals surface area contributed by atoms with Gasteiger partial charge in [0, 0.05) is 38.6 Å². The van der Waals surface area contributed by atoms with Crippen LogP contribution in [-0.2, 0) is 5.54 Å². The Balaban J connectivity index is 1.64. The quantitative estimate of drug-likeness (QED) is 0.603. The number of halogens is 2. The van der Waals surface area contributed by atoms with Crippen LogP contribution in [0.15, 0.2) is 42.7 Å². The summed E-state index contributed by atoms with van der Waals surface area (Å²) in [5.41, 5.74) is 1.81. The molecule has 9 heteroatoms.